The monoisotopic (exact) mass is 184 g/mol. The van der Waals surface area contributed by atoms with Crippen LogP contribution in [-0.2, 0) is 6.42 Å². The summed E-state index contributed by atoms with van der Waals surface area (Å²) in [5.74, 6) is 0. The van der Waals surface area contributed by atoms with Gasteiger partial charge in [-0.2, -0.15) is 0 Å². The zero-order valence-electron chi connectivity index (χ0n) is 8.66. The van der Waals surface area contributed by atoms with Crippen molar-refractivity contribution >= 4 is 5.57 Å². The van der Waals surface area contributed by atoms with Gasteiger partial charge < -0.3 is 0 Å². The molecule has 0 aliphatic heterocycles. The molecule has 1 aliphatic carbocycles. The smallest absolute Gasteiger partial charge is 0.0155 e. The molecule has 0 saturated heterocycles. The lowest BCUT2D eigenvalue weighted by Gasteiger charge is -2.11. The van der Waals surface area contributed by atoms with Crippen molar-refractivity contribution in [2.24, 2.45) is 0 Å². The van der Waals surface area contributed by atoms with Gasteiger partial charge in [-0.25, -0.2) is 0 Å². The molecule has 0 spiro atoms. The Morgan fingerprint density at radius 1 is 1.14 bits per heavy atom. The van der Waals surface area contributed by atoms with Gasteiger partial charge in [-0.05, 0) is 36.0 Å². The Bertz CT molecular complexity index is 369. The van der Waals surface area contributed by atoms with E-state index < -0.39 is 0 Å². The van der Waals surface area contributed by atoms with Crippen molar-refractivity contribution in [1.82, 2.24) is 0 Å². The average molecular weight is 184 g/mol. The summed E-state index contributed by atoms with van der Waals surface area (Å²) in [6.45, 7) is 2.21. The first kappa shape index (κ1) is 9.26. The zero-order chi connectivity index (χ0) is 9.80. The van der Waals surface area contributed by atoms with Gasteiger partial charge >= 0.3 is 0 Å². The summed E-state index contributed by atoms with van der Waals surface area (Å²) in [6, 6.07) is 8.69. The number of aryl methyl sites for hydroxylation is 1. The van der Waals surface area contributed by atoms with Crippen LogP contribution in [0.15, 0.2) is 42.5 Å². The third-order valence-electron chi connectivity index (χ3n) is 2.70. The van der Waals surface area contributed by atoms with E-state index in [0.29, 0.717) is 0 Å². The summed E-state index contributed by atoms with van der Waals surface area (Å²) in [5.41, 5.74) is 4.25. The highest BCUT2D eigenvalue weighted by atomic mass is 14.1. The lowest BCUT2D eigenvalue weighted by Crippen LogP contribution is -1.92. The summed E-state index contributed by atoms with van der Waals surface area (Å²) in [6.07, 6.45) is 10.3. The summed E-state index contributed by atoms with van der Waals surface area (Å²) >= 11 is 0. The molecule has 0 N–H and O–H groups in total. The lowest BCUT2D eigenvalue weighted by atomic mass is 9.94. The molecule has 0 amide bonds. The van der Waals surface area contributed by atoms with Crippen LogP contribution in [0, 0.1) is 0 Å². The van der Waals surface area contributed by atoms with Crippen molar-refractivity contribution in [1.29, 1.82) is 0 Å². The Morgan fingerprint density at radius 3 is 2.71 bits per heavy atom. The largest absolute Gasteiger partial charge is 0.0836 e. The van der Waals surface area contributed by atoms with Crippen LogP contribution in [0.1, 0.15) is 30.9 Å². The maximum Gasteiger partial charge on any atom is -0.0155 e. The number of hydrogen-bond donors (Lipinski definition) is 0. The SMILES string of the molecule is CCc1ccccc1C1=CCCC=C1. The van der Waals surface area contributed by atoms with Gasteiger partial charge in [-0.1, -0.05) is 49.4 Å². The molecule has 0 nitrogen and oxygen atoms in total. The van der Waals surface area contributed by atoms with Gasteiger partial charge in [0, 0.05) is 0 Å². The van der Waals surface area contributed by atoms with E-state index in [1.807, 2.05) is 0 Å². The van der Waals surface area contributed by atoms with Gasteiger partial charge in [0.05, 0.1) is 0 Å². The molecule has 0 fully saturated rings. The second-order valence-electron chi connectivity index (χ2n) is 3.65. The zero-order valence-corrected chi connectivity index (χ0v) is 8.66. The molecular weight excluding hydrogens is 168 g/mol. The van der Waals surface area contributed by atoms with Crippen LogP contribution in [0.3, 0.4) is 0 Å². The Balaban J connectivity index is 2.40. The predicted molar refractivity (Wildman–Crippen MR) is 62.2 cm³/mol. The third kappa shape index (κ3) is 1.79. The van der Waals surface area contributed by atoms with Gasteiger partial charge in [0.1, 0.15) is 0 Å². The maximum atomic E-state index is 2.34. The molecule has 0 heterocycles. The Hall–Kier alpha value is -1.30. The predicted octanol–water partition coefficient (Wildman–Crippen LogP) is 3.98. The van der Waals surface area contributed by atoms with Gasteiger partial charge in [0.15, 0.2) is 0 Å². The quantitative estimate of drug-likeness (QED) is 0.652. The van der Waals surface area contributed by atoms with Crippen LogP contribution in [-0.4, -0.2) is 0 Å². The van der Waals surface area contributed by atoms with E-state index in [1.165, 1.54) is 29.5 Å². The fourth-order valence-electron chi connectivity index (χ4n) is 1.92. The molecule has 0 aromatic heterocycles. The first-order valence-electron chi connectivity index (χ1n) is 5.37. The Labute approximate surface area is 86.0 Å². The molecule has 0 unspecified atom stereocenters. The van der Waals surface area contributed by atoms with Gasteiger partial charge in [-0.3, -0.25) is 0 Å². The van der Waals surface area contributed by atoms with Crippen molar-refractivity contribution in [3.05, 3.63) is 53.6 Å². The van der Waals surface area contributed by atoms with Crippen LogP contribution in [0.5, 0.6) is 0 Å². The summed E-state index contributed by atoms with van der Waals surface area (Å²) in [7, 11) is 0. The van der Waals surface area contributed by atoms with E-state index in [9.17, 15) is 0 Å². The number of allylic oxidation sites excluding steroid dienone is 4. The van der Waals surface area contributed by atoms with Crippen molar-refractivity contribution in [2.45, 2.75) is 26.2 Å². The molecular formula is C14H16. The minimum Gasteiger partial charge on any atom is -0.0836 e. The molecule has 0 atom stereocenters. The normalized spacial score (nSPS) is 15.4. The first-order valence-corrected chi connectivity index (χ1v) is 5.37. The lowest BCUT2D eigenvalue weighted by molar-refractivity contribution is 1.04. The van der Waals surface area contributed by atoms with E-state index in [0.717, 1.165) is 6.42 Å². The number of hydrogen-bond acceptors (Lipinski definition) is 0. The van der Waals surface area contributed by atoms with Gasteiger partial charge in [0.2, 0.25) is 0 Å². The van der Waals surface area contributed by atoms with Crippen LogP contribution >= 0.6 is 0 Å². The van der Waals surface area contributed by atoms with E-state index >= 15 is 0 Å². The van der Waals surface area contributed by atoms with E-state index in [4.69, 9.17) is 0 Å². The van der Waals surface area contributed by atoms with E-state index in [-0.39, 0.29) is 0 Å². The third-order valence-corrected chi connectivity index (χ3v) is 2.70. The van der Waals surface area contributed by atoms with Crippen LogP contribution in [0.25, 0.3) is 5.57 Å². The van der Waals surface area contributed by atoms with Crippen LogP contribution in [0.2, 0.25) is 0 Å². The highest BCUT2D eigenvalue weighted by Gasteiger charge is 2.04. The summed E-state index contributed by atoms with van der Waals surface area (Å²) in [5, 5.41) is 0. The van der Waals surface area contributed by atoms with Gasteiger partial charge in [0.25, 0.3) is 0 Å². The van der Waals surface area contributed by atoms with Gasteiger partial charge in [-0.15, -0.1) is 0 Å². The van der Waals surface area contributed by atoms with Crippen LogP contribution in [0.4, 0.5) is 0 Å². The molecule has 2 rings (SSSR count). The minimum absolute atomic E-state index is 1.11. The molecule has 1 aromatic carbocycles. The second kappa shape index (κ2) is 4.28. The fourth-order valence-corrected chi connectivity index (χ4v) is 1.92. The summed E-state index contributed by atoms with van der Waals surface area (Å²) < 4.78 is 0. The van der Waals surface area contributed by atoms with Crippen molar-refractivity contribution < 1.29 is 0 Å². The molecule has 14 heavy (non-hydrogen) atoms. The van der Waals surface area contributed by atoms with E-state index in [2.05, 4.69) is 49.4 Å². The first-order chi connectivity index (χ1) is 6.92. The average Bonchev–Trinajstić information content (AvgIpc) is 2.30. The molecule has 0 bridgehead atoms. The van der Waals surface area contributed by atoms with Crippen LogP contribution < -0.4 is 0 Å². The van der Waals surface area contributed by atoms with Crippen molar-refractivity contribution in [3.8, 4) is 0 Å². The summed E-state index contributed by atoms with van der Waals surface area (Å²) in [4.78, 5) is 0. The molecule has 72 valence electrons. The Morgan fingerprint density at radius 2 is 2.00 bits per heavy atom. The van der Waals surface area contributed by atoms with E-state index in [1.54, 1.807) is 0 Å². The fraction of sp³-hybridized carbons (Fsp3) is 0.286. The van der Waals surface area contributed by atoms with Crippen molar-refractivity contribution in [2.75, 3.05) is 0 Å². The molecule has 1 aromatic rings. The molecule has 0 heteroatoms. The second-order valence-corrected chi connectivity index (χ2v) is 3.65. The molecule has 0 saturated carbocycles. The molecule has 1 aliphatic rings. The highest BCUT2D eigenvalue weighted by molar-refractivity contribution is 5.76. The number of rotatable bonds is 2. The number of benzene rings is 1. The topological polar surface area (TPSA) is 0 Å². The van der Waals surface area contributed by atoms with Crippen molar-refractivity contribution in [3.63, 3.8) is 0 Å². The standard InChI is InChI=1S/C14H16/c1-2-12-8-6-7-11-14(12)13-9-4-3-5-10-13/h4,6-11H,2-3,5H2,1H3. The minimum atomic E-state index is 1.11. The highest BCUT2D eigenvalue weighted by Crippen LogP contribution is 2.24. The maximum absolute atomic E-state index is 2.34. The Kier molecular flexibility index (Phi) is 2.83. The molecule has 0 radical (unpaired) electrons.